The minimum absolute atomic E-state index is 0.190. The van der Waals surface area contributed by atoms with Crippen LogP contribution in [0.1, 0.15) is 19.4 Å². The van der Waals surface area contributed by atoms with Crippen LogP contribution >= 0.6 is 0 Å². The Balaban J connectivity index is 1.83. The summed E-state index contributed by atoms with van der Waals surface area (Å²) in [6.45, 7) is 5.90. The van der Waals surface area contributed by atoms with Crippen molar-refractivity contribution in [3.63, 3.8) is 0 Å². The van der Waals surface area contributed by atoms with Gasteiger partial charge in [0.1, 0.15) is 0 Å². The van der Waals surface area contributed by atoms with Crippen LogP contribution < -0.4 is 5.32 Å². The van der Waals surface area contributed by atoms with Crippen molar-refractivity contribution in [2.75, 3.05) is 11.9 Å². The number of anilines is 1. The third-order valence-electron chi connectivity index (χ3n) is 4.71. The van der Waals surface area contributed by atoms with Crippen LogP contribution in [0.15, 0.2) is 48.5 Å². The largest absolute Gasteiger partial charge is 0.385 e. The normalized spacial score (nSPS) is 17.4. The van der Waals surface area contributed by atoms with Gasteiger partial charge in [-0.2, -0.15) is 0 Å². The molecule has 1 aliphatic heterocycles. The highest BCUT2D eigenvalue weighted by Gasteiger charge is 2.25. The molecule has 0 spiro atoms. The van der Waals surface area contributed by atoms with Crippen LogP contribution in [0, 0.1) is 0 Å². The van der Waals surface area contributed by atoms with Crippen LogP contribution in [0.5, 0.6) is 0 Å². The molecule has 0 bridgehead atoms. The van der Waals surface area contributed by atoms with Crippen molar-refractivity contribution >= 4 is 14.5 Å². The molecule has 1 radical (unpaired) electrons. The molecular formula is C19H24NSi. The molecule has 0 aromatic heterocycles. The van der Waals surface area contributed by atoms with Crippen LogP contribution in [-0.2, 0) is 6.42 Å². The van der Waals surface area contributed by atoms with E-state index in [-0.39, 0.29) is 8.80 Å². The van der Waals surface area contributed by atoms with Gasteiger partial charge in [-0.25, -0.2) is 0 Å². The van der Waals surface area contributed by atoms with Gasteiger partial charge in [-0.3, -0.25) is 0 Å². The summed E-state index contributed by atoms with van der Waals surface area (Å²) >= 11 is 0. The van der Waals surface area contributed by atoms with Gasteiger partial charge in [-0.15, -0.1) is 0 Å². The fourth-order valence-corrected chi connectivity index (χ4v) is 5.97. The summed E-state index contributed by atoms with van der Waals surface area (Å²) < 4.78 is 0. The highest BCUT2D eigenvalue weighted by atomic mass is 28.3. The van der Waals surface area contributed by atoms with E-state index in [1.165, 1.54) is 47.4 Å². The molecular weight excluding hydrogens is 270 g/mol. The van der Waals surface area contributed by atoms with Gasteiger partial charge in [0.2, 0.25) is 0 Å². The van der Waals surface area contributed by atoms with E-state index in [4.69, 9.17) is 0 Å². The zero-order valence-corrected chi connectivity index (χ0v) is 14.0. The van der Waals surface area contributed by atoms with Gasteiger partial charge in [0, 0.05) is 12.2 Å². The van der Waals surface area contributed by atoms with Crippen molar-refractivity contribution in [3.8, 4) is 11.1 Å². The Morgan fingerprint density at radius 3 is 2.48 bits per heavy atom. The standard InChI is InChI=1S/C19H24NSi/c1-3-21(4-2)18-12-17-11-10-16(13-19(17)20-14-18)15-8-6-5-7-9-15/h5-11,13,18,20H,3-4,12,14H2,1-2H3. The van der Waals surface area contributed by atoms with E-state index in [0.29, 0.717) is 0 Å². The molecule has 0 aliphatic carbocycles. The van der Waals surface area contributed by atoms with E-state index >= 15 is 0 Å². The van der Waals surface area contributed by atoms with Crippen molar-refractivity contribution in [1.82, 2.24) is 0 Å². The van der Waals surface area contributed by atoms with Gasteiger partial charge in [-0.1, -0.05) is 68.4 Å². The summed E-state index contributed by atoms with van der Waals surface area (Å²) in [7, 11) is -0.190. The molecule has 3 rings (SSSR count). The third kappa shape index (κ3) is 3.05. The van der Waals surface area contributed by atoms with E-state index in [0.717, 1.165) is 5.54 Å². The first-order valence-corrected chi connectivity index (χ1v) is 10.1. The first-order valence-electron chi connectivity index (χ1n) is 8.08. The van der Waals surface area contributed by atoms with Crippen LogP contribution in [0.25, 0.3) is 11.1 Å². The Bertz CT molecular complexity index is 590. The summed E-state index contributed by atoms with van der Waals surface area (Å²) in [4.78, 5) is 0. The molecule has 0 saturated heterocycles. The van der Waals surface area contributed by atoms with Crippen LogP contribution in [0.4, 0.5) is 5.69 Å². The van der Waals surface area contributed by atoms with Crippen LogP contribution in [0.3, 0.4) is 0 Å². The van der Waals surface area contributed by atoms with Gasteiger partial charge >= 0.3 is 0 Å². The fraction of sp³-hybridized carbons (Fsp3) is 0.368. The average Bonchev–Trinajstić information content (AvgIpc) is 2.56. The van der Waals surface area contributed by atoms with E-state index in [1.54, 1.807) is 0 Å². The second-order valence-corrected chi connectivity index (χ2v) is 9.43. The van der Waals surface area contributed by atoms with Gasteiger partial charge in [0.15, 0.2) is 0 Å². The molecule has 2 aromatic carbocycles. The molecule has 21 heavy (non-hydrogen) atoms. The number of benzene rings is 2. The molecule has 109 valence electrons. The lowest BCUT2D eigenvalue weighted by atomic mass is 9.98. The lowest BCUT2D eigenvalue weighted by molar-refractivity contribution is 0.796. The zero-order chi connectivity index (χ0) is 14.7. The summed E-state index contributed by atoms with van der Waals surface area (Å²) in [5, 5.41) is 3.70. The molecule has 0 amide bonds. The number of hydrogen-bond donors (Lipinski definition) is 1. The van der Waals surface area contributed by atoms with Crippen molar-refractivity contribution in [2.24, 2.45) is 0 Å². The first-order chi connectivity index (χ1) is 10.3. The molecule has 1 heterocycles. The smallest absolute Gasteiger partial charge is 0.0530 e. The molecule has 0 saturated carbocycles. The van der Waals surface area contributed by atoms with Crippen LogP contribution in [-0.4, -0.2) is 15.3 Å². The van der Waals surface area contributed by atoms with E-state index < -0.39 is 0 Å². The lowest BCUT2D eigenvalue weighted by Gasteiger charge is -2.31. The maximum Gasteiger partial charge on any atom is 0.0530 e. The predicted molar refractivity (Wildman–Crippen MR) is 94.5 cm³/mol. The Hall–Kier alpha value is -1.54. The molecule has 2 heteroatoms. The second-order valence-electron chi connectivity index (χ2n) is 5.89. The average molecular weight is 294 g/mol. The Morgan fingerprint density at radius 2 is 1.76 bits per heavy atom. The number of hydrogen-bond acceptors (Lipinski definition) is 1. The van der Waals surface area contributed by atoms with Crippen LogP contribution in [0.2, 0.25) is 17.6 Å². The minimum atomic E-state index is -0.190. The lowest BCUT2D eigenvalue weighted by Crippen LogP contribution is -2.30. The quantitative estimate of drug-likeness (QED) is 0.762. The zero-order valence-electron chi connectivity index (χ0n) is 13.0. The maximum atomic E-state index is 3.70. The van der Waals surface area contributed by atoms with E-state index in [2.05, 4.69) is 67.7 Å². The molecule has 1 N–H and O–H groups in total. The summed E-state index contributed by atoms with van der Waals surface area (Å²) in [6, 6.07) is 20.4. The first kappa shape index (κ1) is 14.4. The van der Waals surface area contributed by atoms with Crippen molar-refractivity contribution in [3.05, 3.63) is 54.1 Å². The number of fused-ring (bicyclic) bond motifs is 1. The molecule has 1 nitrogen and oxygen atoms in total. The number of rotatable bonds is 4. The highest BCUT2D eigenvalue weighted by Crippen LogP contribution is 2.34. The van der Waals surface area contributed by atoms with Gasteiger partial charge in [0.05, 0.1) is 8.80 Å². The Kier molecular flexibility index (Phi) is 4.44. The van der Waals surface area contributed by atoms with E-state index in [1.807, 2.05) is 0 Å². The molecule has 1 atom stereocenters. The maximum absolute atomic E-state index is 3.70. The third-order valence-corrected chi connectivity index (χ3v) is 8.09. The predicted octanol–water partition coefficient (Wildman–Crippen LogP) is 5.23. The topological polar surface area (TPSA) is 12.0 Å². The SMILES string of the molecule is CC[Si](CC)C1CNc2cc(-c3ccccc3)ccc2C1. The molecule has 0 fully saturated rings. The van der Waals surface area contributed by atoms with Crippen molar-refractivity contribution in [2.45, 2.75) is 37.9 Å². The summed E-state index contributed by atoms with van der Waals surface area (Å²) in [5.41, 5.74) is 6.37. The van der Waals surface area contributed by atoms with Crippen molar-refractivity contribution in [1.29, 1.82) is 0 Å². The number of nitrogens with one attached hydrogen (secondary N) is 1. The van der Waals surface area contributed by atoms with Crippen molar-refractivity contribution < 1.29 is 0 Å². The molecule has 1 aliphatic rings. The monoisotopic (exact) mass is 294 g/mol. The van der Waals surface area contributed by atoms with Gasteiger partial charge in [0.25, 0.3) is 0 Å². The van der Waals surface area contributed by atoms with Gasteiger partial charge in [-0.05, 0) is 34.7 Å². The Labute approximate surface area is 130 Å². The minimum Gasteiger partial charge on any atom is -0.385 e. The molecule has 2 aromatic rings. The molecule has 1 unspecified atom stereocenters. The second kappa shape index (κ2) is 6.48. The Morgan fingerprint density at radius 1 is 1.00 bits per heavy atom. The van der Waals surface area contributed by atoms with E-state index in [9.17, 15) is 0 Å². The fourth-order valence-electron chi connectivity index (χ4n) is 3.42. The summed E-state index contributed by atoms with van der Waals surface area (Å²) in [5.74, 6) is 0. The highest BCUT2D eigenvalue weighted by molar-refractivity contribution is 6.60. The summed E-state index contributed by atoms with van der Waals surface area (Å²) in [6.07, 6.45) is 1.27. The van der Waals surface area contributed by atoms with Gasteiger partial charge < -0.3 is 5.32 Å².